The minimum Gasteiger partial charge on any atom is -0.455 e. The van der Waals surface area contributed by atoms with Crippen molar-refractivity contribution in [1.82, 2.24) is 0 Å². The number of furan rings is 1. The Bertz CT molecular complexity index is 3140. The van der Waals surface area contributed by atoms with Crippen LogP contribution < -0.4 is 4.90 Å². The third-order valence-electron chi connectivity index (χ3n) is 12.1. The number of nitrogens with zero attached hydrogens (tertiary/aromatic N) is 1. The highest BCUT2D eigenvalue weighted by Gasteiger charge is 2.38. The van der Waals surface area contributed by atoms with E-state index < -0.39 is 0 Å². The molecule has 0 saturated heterocycles. The second-order valence-corrected chi connectivity index (χ2v) is 15.7. The molecule has 1 aromatic heterocycles. The summed E-state index contributed by atoms with van der Waals surface area (Å²) < 4.78 is 7.15. The lowest BCUT2D eigenvalue weighted by Crippen LogP contribution is -2.16. The van der Waals surface area contributed by atoms with Gasteiger partial charge < -0.3 is 9.32 Å². The predicted octanol–water partition coefficient (Wildman–Crippen LogP) is 15.5. The first-order valence-corrected chi connectivity index (χ1v) is 19.8. The van der Waals surface area contributed by atoms with Crippen LogP contribution in [0.25, 0.3) is 77.2 Å². The van der Waals surface area contributed by atoms with Crippen molar-refractivity contribution in [3.8, 4) is 44.5 Å². The van der Waals surface area contributed by atoms with E-state index in [0.29, 0.717) is 0 Å². The molecule has 0 amide bonds. The molecule has 0 aliphatic heterocycles. The number of para-hydroxylation sites is 1. The number of benzene rings is 9. The topological polar surface area (TPSA) is 16.4 Å². The van der Waals surface area contributed by atoms with Gasteiger partial charge in [0.15, 0.2) is 0 Å². The van der Waals surface area contributed by atoms with Crippen molar-refractivity contribution >= 4 is 49.8 Å². The number of hydrogen-bond donors (Lipinski definition) is 0. The van der Waals surface area contributed by atoms with E-state index in [0.717, 1.165) is 61.3 Å². The van der Waals surface area contributed by atoms with Gasteiger partial charge in [-0.3, -0.25) is 0 Å². The first kappa shape index (κ1) is 33.2. The van der Waals surface area contributed by atoms with Crippen molar-refractivity contribution in [2.24, 2.45) is 0 Å². The maximum Gasteiger partial charge on any atom is 0.145 e. The average Bonchev–Trinajstić information content (AvgIpc) is 3.78. The Morgan fingerprint density at radius 2 is 1.02 bits per heavy atom. The van der Waals surface area contributed by atoms with Crippen LogP contribution >= 0.6 is 0 Å². The molecule has 0 saturated carbocycles. The summed E-state index contributed by atoms with van der Waals surface area (Å²) >= 11 is 0. The van der Waals surface area contributed by atoms with E-state index in [-0.39, 0.29) is 5.41 Å². The van der Waals surface area contributed by atoms with Gasteiger partial charge >= 0.3 is 0 Å². The summed E-state index contributed by atoms with van der Waals surface area (Å²) in [5, 5.41) is 4.66. The highest BCUT2D eigenvalue weighted by atomic mass is 16.3. The summed E-state index contributed by atoms with van der Waals surface area (Å²) in [5.41, 5.74) is 16.9. The normalized spacial score (nSPS) is 12.9. The van der Waals surface area contributed by atoms with Gasteiger partial charge in [-0.15, -0.1) is 0 Å². The van der Waals surface area contributed by atoms with E-state index in [1.807, 2.05) is 0 Å². The van der Waals surface area contributed by atoms with Crippen LogP contribution in [-0.2, 0) is 5.41 Å². The largest absolute Gasteiger partial charge is 0.455 e. The molecule has 1 aliphatic carbocycles. The Hall–Kier alpha value is -7.16. The van der Waals surface area contributed by atoms with E-state index in [1.165, 1.54) is 44.2 Å². The molecule has 57 heavy (non-hydrogen) atoms. The summed E-state index contributed by atoms with van der Waals surface area (Å²) in [6.07, 6.45) is 0. The fourth-order valence-electron chi connectivity index (χ4n) is 9.26. The second kappa shape index (κ2) is 13.0. The monoisotopic (exact) mass is 729 g/mol. The summed E-state index contributed by atoms with van der Waals surface area (Å²) in [4.78, 5) is 2.47. The van der Waals surface area contributed by atoms with Gasteiger partial charge in [-0.05, 0) is 86.1 Å². The summed E-state index contributed by atoms with van der Waals surface area (Å²) in [6, 6.07) is 72.5. The van der Waals surface area contributed by atoms with Crippen molar-refractivity contribution in [2.45, 2.75) is 19.3 Å². The summed E-state index contributed by atoms with van der Waals surface area (Å²) in [5.74, 6) is 0. The Morgan fingerprint density at radius 3 is 1.79 bits per heavy atom. The van der Waals surface area contributed by atoms with Gasteiger partial charge in [-0.25, -0.2) is 0 Å². The molecule has 1 aliphatic rings. The van der Waals surface area contributed by atoms with E-state index in [1.54, 1.807) is 0 Å². The molecule has 2 nitrogen and oxygen atoms in total. The first-order valence-electron chi connectivity index (χ1n) is 19.8. The molecule has 0 fully saturated rings. The lowest BCUT2D eigenvalue weighted by Gasteiger charge is -2.30. The van der Waals surface area contributed by atoms with Crippen molar-refractivity contribution in [1.29, 1.82) is 0 Å². The van der Waals surface area contributed by atoms with Crippen molar-refractivity contribution in [3.05, 3.63) is 211 Å². The van der Waals surface area contributed by atoms with E-state index in [2.05, 4.69) is 219 Å². The van der Waals surface area contributed by atoms with Crippen LogP contribution in [0.1, 0.15) is 25.0 Å². The molecule has 2 heteroatoms. The van der Waals surface area contributed by atoms with Crippen LogP contribution in [0.2, 0.25) is 0 Å². The smallest absolute Gasteiger partial charge is 0.145 e. The Morgan fingerprint density at radius 1 is 0.404 bits per heavy atom. The zero-order valence-corrected chi connectivity index (χ0v) is 31.9. The molecule has 11 rings (SSSR count). The molecule has 0 unspecified atom stereocenters. The molecule has 10 aromatic rings. The highest BCUT2D eigenvalue weighted by molar-refractivity contribution is 6.19. The zero-order valence-electron chi connectivity index (χ0n) is 31.9. The molecule has 9 aromatic carbocycles. The Labute approximate surface area is 332 Å². The standard InChI is InChI=1S/C55H39NO/c1-55(2)47-24-12-11-21-45(47)51-48(55)25-14-26-49(51)56(42-31-29-37(30-32-42)41-28-27-36-15-9-10-20-40(36)35-41)50-34-33-44(39-18-7-4-8-19-39)54-52(50)46-23-13-22-43(53(46)57-54)38-16-5-3-6-17-38/h3-35H,1-2H3. The van der Waals surface area contributed by atoms with Crippen molar-refractivity contribution in [3.63, 3.8) is 0 Å². The molecule has 0 N–H and O–H groups in total. The van der Waals surface area contributed by atoms with Crippen molar-refractivity contribution < 1.29 is 4.42 Å². The summed E-state index contributed by atoms with van der Waals surface area (Å²) in [6.45, 7) is 4.71. The molecule has 0 spiro atoms. The van der Waals surface area contributed by atoms with E-state index in [9.17, 15) is 0 Å². The number of anilines is 3. The van der Waals surface area contributed by atoms with Crippen molar-refractivity contribution in [2.75, 3.05) is 4.90 Å². The van der Waals surface area contributed by atoms with Crippen LogP contribution in [0, 0.1) is 0 Å². The number of hydrogen-bond acceptors (Lipinski definition) is 2. The SMILES string of the molecule is CC1(C)c2ccccc2-c2c(N(c3ccc(-c4ccc5ccccc5c4)cc3)c3ccc(-c4ccccc4)c4oc5c(-c6ccccc6)cccc5c34)cccc21. The minimum atomic E-state index is -0.146. The van der Waals surface area contributed by atoms with Gasteiger partial charge in [0.05, 0.1) is 16.8 Å². The summed E-state index contributed by atoms with van der Waals surface area (Å²) in [7, 11) is 0. The van der Waals surface area contributed by atoms with Gasteiger partial charge in [-0.2, -0.15) is 0 Å². The zero-order chi connectivity index (χ0) is 38.1. The second-order valence-electron chi connectivity index (χ2n) is 15.7. The third-order valence-corrected chi connectivity index (χ3v) is 12.1. The van der Waals surface area contributed by atoms with Gasteiger partial charge in [0, 0.05) is 33.2 Å². The molecule has 1 heterocycles. The number of rotatable bonds is 6. The number of fused-ring (bicyclic) bond motifs is 7. The lowest BCUT2D eigenvalue weighted by molar-refractivity contribution is 0.660. The molecular formula is C55H39NO. The van der Waals surface area contributed by atoms with Crippen LogP contribution in [-0.4, -0.2) is 0 Å². The van der Waals surface area contributed by atoms with Crippen LogP contribution in [0.5, 0.6) is 0 Å². The highest BCUT2D eigenvalue weighted by Crippen LogP contribution is 2.56. The van der Waals surface area contributed by atoms with Crippen LogP contribution in [0.15, 0.2) is 205 Å². The van der Waals surface area contributed by atoms with Gasteiger partial charge in [-0.1, -0.05) is 178 Å². The minimum absolute atomic E-state index is 0.146. The van der Waals surface area contributed by atoms with Gasteiger partial charge in [0.2, 0.25) is 0 Å². The Kier molecular flexibility index (Phi) is 7.55. The maximum absolute atomic E-state index is 7.15. The fourth-order valence-corrected chi connectivity index (χ4v) is 9.26. The lowest BCUT2D eigenvalue weighted by atomic mass is 9.82. The first-order chi connectivity index (χ1) is 28.0. The quantitative estimate of drug-likeness (QED) is 0.169. The van der Waals surface area contributed by atoms with E-state index >= 15 is 0 Å². The van der Waals surface area contributed by atoms with Crippen LogP contribution in [0.4, 0.5) is 17.1 Å². The van der Waals surface area contributed by atoms with E-state index in [4.69, 9.17) is 4.42 Å². The Balaban J connectivity index is 1.20. The molecule has 270 valence electrons. The third kappa shape index (κ3) is 5.25. The predicted molar refractivity (Wildman–Crippen MR) is 240 cm³/mol. The van der Waals surface area contributed by atoms with Crippen LogP contribution in [0.3, 0.4) is 0 Å². The maximum atomic E-state index is 7.15. The fraction of sp³-hybridized carbons (Fsp3) is 0.0545. The van der Waals surface area contributed by atoms with Gasteiger partial charge in [0.25, 0.3) is 0 Å². The molecular weight excluding hydrogens is 691 g/mol. The molecule has 0 radical (unpaired) electrons. The van der Waals surface area contributed by atoms with Gasteiger partial charge in [0.1, 0.15) is 11.2 Å². The molecule has 0 bridgehead atoms. The average molecular weight is 730 g/mol. The molecule has 0 atom stereocenters.